The quantitative estimate of drug-likeness (QED) is 0.393. The molecule has 0 atom stereocenters. The minimum atomic E-state index is -0.535. The molecule has 1 aliphatic heterocycles. The van der Waals surface area contributed by atoms with Gasteiger partial charge in [0.2, 0.25) is 0 Å². The number of carbonyl (C=O) groups is 2. The lowest BCUT2D eigenvalue weighted by Gasteiger charge is -2.29. The number of aryl methyl sites for hydroxylation is 1. The van der Waals surface area contributed by atoms with E-state index in [0.29, 0.717) is 13.1 Å². The molecule has 1 aliphatic rings. The summed E-state index contributed by atoms with van der Waals surface area (Å²) in [5.74, 6) is -0.535. The maximum Gasteiger partial charge on any atom is 0.410 e. The molecule has 2 aromatic heterocycles. The number of nitrogens with two attached hydrogens (primary N) is 1. The van der Waals surface area contributed by atoms with E-state index in [0.717, 1.165) is 35.2 Å². The monoisotopic (exact) mass is 511 g/mol. The normalized spacial score (nSPS) is 14.0. The first kappa shape index (κ1) is 25.3. The Hall–Kier alpha value is -4.33. The molecule has 0 saturated heterocycles. The summed E-state index contributed by atoms with van der Waals surface area (Å²) in [5, 5.41) is 5.43. The zero-order valence-corrected chi connectivity index (χ0v) is 22.3. The highest BCUT2D eigenvalue weighted by Crippen LogP contribution is 2.25. The third-order valence-corrected chi connectivity index (χ3v) is 6.68. The van der Waals surface area contributed by atoms with Gasteiger partial charge < -0.3 is 19.9 Å². The third-order valence-electron chi connectivity index (χ3n) is 6.68. The summed E-state index contributed by atoms with van der Waals surface area (Å²) in [5.41, 5.74) is 11.7. The molecule has 38 heavy (non-hydrogen) atoms. The average molecular weight is 512 g/mol. The van der Waals surface area contributed by atoms with Crippen molar-refractivity contribution in [1.29, 1.82) is 0 Å². The van der Waals surface area contributed by atoms with Gasteiger partial charge in [-0.2, -0.15) is 5.10 Å². The van der Waals surface area contributed by atoms with Crippen LogP contribution in [0.5, 0.6) is 0 Å². The van der Waals surface area contributed by atoms with E-state index in [1.807, 2.05) is 33.8 Å². The first-order valence-electron chi connectivity index (χ1n) is 12.8. The summed E-state index contributed by atoms with van der Waals surface area (Å²) in [7, 11) is 0. The summed E-state index contributed by atoms with van der Waals surface area (Å²) in [4.78, 5) is 25.6. The molecule has 0 spiro atoms. The number of nitrogens with zero attached hydrogens (tertiary/aromatic N) is 4. The van der Waals surface area contributed by atoms with E-state index in [9.17, 15) is 9.59 Å². The number of aromatic nitrogens is 3. The van der Waals surface area contributed by atoms with Crippen LogP contribution in [0.1, 0.15) is 54.5 Å². The highest BCUT2D eigenvalue weighted by molar-refractivity contribution is 5.91. The Labute approximate surface area is 222 Å². The van der Waals surface area contributed by atoms with Crippen LogP contribution in [0.3, 0.4) is 0 Å². The molecule has 5 rings (SSSR count). The Bertz CT molecular complexity index is 1540. The van der Waals surface area contributed by atoms with Crippen molar-refractivity contribution in [1.82, 2.24) is 19.2 Å². The number of fused-ring (bicyclic) bond motifs is 1. The molecule has 2 amide bonds. The number of rotatable bonds is 5. The third kappa shape index (κ3) is 5.34. The van der Waals surface area contributed by atoms with Gasteiger partial charge in [0, 0.05) is 42.4 Å². The van der Waals surface area contributed by atoms with E-state index in [4.69, 9.17) is 10.5 Å². The SMILES string of the molecule is Cc1cc(C(N)=O)nn1-c1ccc2c(ccn2Cc2ccc(C3=CCN(C(=O)OC(C)(C)C)CC3)cc2)c1. The van der Waals surface area contributed by atoms with Crippen LogP contribution < -0.4 is 5.73 Å². The summed E-state index contributed by atoms with van der Waals surface area (Å²) in [6.45, 7) is 9.52. The second-order valence-corrected chi connectivity index (χ2v) is 10.7. The average Bonchev–Trinajstić information content (AvgIpc) is 3.46. The number of primary amides is 1. The van der Waals surface area contributed by atoms with Gasteiger partial charge in [-0.25, -0.2) is 9.48 Å². The summed E-state index contributed by atoms with van der Waals surface area (Å²) in [6.07, 6.45) is 4.75. The van der Waals surface area contributed by atoms with Crippen LogP contribution in [-0.4, -0.2) is 49.9 Å². The Kier molecular flexibility index (Phi) is 6.57. The van der Waals surface area contributed by atoms with Gasteiger partial charge in [0.1, 0.15) is 5.60 Å². The van der Waals surface area contributed by atoms with Crippen LogP contribution in [0, 0.1) is 6.92 Å². The Balaban J connectivity index is 1.27. The predicted molar refractivity (Wildman–Crippen MR) is 148 cm³/mol. The number of ether oxygens (including phenoxy) is 1. The fraction of sp³-hybridized carbons (Fsp3) is 0.300. The van der Waals surface area contributed by atoms with Crippen molar-refractivity contribution in [3.05, 3.63) is 89.4 Å². The van der Waals surface area contributed by atoms with Crippen LogP contribution in [-0.2, 0) is 11.3 Å². The van der Waals surface area contributed by atoms with Gasteiger partial charge in [0.05, 0.1) is 5.69 Å². The predicted octanol–water partition coefficient (Wildman–Crippen LogP) is 5.31. The second kappa shape index (κ2) is 9.85. The van der Waals surface area contributed by atoms with Gasteiger partial charge in [-0.05, 0) is 81.1 Å². The molecule has 2 N–H and O–H groups in total. The van der Waals surface area contributed by atoms with Crippen molar-refractivity contribution in [3.63, 3.8) is 0 Å². The highest BCUT2D eigenvalue weighted by Gasteiger charge is 2.23. The summed E-state index contributed by atoms with van der Waals surface area (Å²) in [6, 6.07) is 18.6. The maximum atomic E-state index is 12.3. The number of amides is 2. The molecule has 8 heteroatoms. The van der Waals surface area contributed by atoms with Crippen molar-refractivity contribution < 1.29 is 14.3 Å². The molecular formula is C30H33N5O3. The molecular weight excluding hydrogens is 478 g/mol. The van der Waals surface area contributed by atoms with E-state index in [1.54, 1.807) is 15.6 Å². The zero-order chi connectivity index (χ0) is 27.0. The van der Waals surface area contributed by atoms with E-state index < -0.39 is 11.5 Å². The van der Waals surface area contributed by atoms with E-state index >= 15 is 0 Å². The molecule has 8 nitrogen and oxygen atoms in total. The summed E-state index contributed by atoms with van der Waals surface area (Å²) < 4.78 is 9.45. The summed E-state index contributed by atoms with van der Waals surface area (Å²) >= 11 is 0. The minimum absolute atomic E-state index is 0.257. The van der Waals surface area contributed by atoms with Crippen LogP contribution in [0.2, 0.25) is 0 Å². The zero-order valence-electron chi connectivity index (χ0n) is 22.3. The lowest BCUT2D eigenvalue weighted by molar-refractivity contribution is 0.0270. The largest absolute Gasteiger partial charge is 0.444 e. The first-order chi connectivity index (χ1) is 18.1. The number of hydrogen-bond donors (Lipinski definition) is 1. The van der Waals surface area contributed by atoms with Crippen molar-refractivity contribution in [2.24, 2.45) is 5.73 Å². The molecule has 4 aromatic rings. The lowest BCUT2D eigenvalue weighted by Crippen LogP contribution is -2.39. The van der Waals surface area contributed by atoms with Crippen LogP contribution in [0.4, 0.5) is 4.79 Å². The molecule has 0 fully saturated rings. The Morgan fingerprint density at radius 1 is 1.05 bits per heavy atom. The second-order valence-electron chi connectivity index (χ2n) is 10.7. The topological polar surface area (TPSA) is 95.4 Å². The molecule has 0 unspecified atom stereocenters. The van der Waals surface area contributed by atoms with Gasteiger partial charge in [-0.15, -0.1) is 0 Å². The molecule has 0 bridgehead atoms. The molecule has 0 saturated carbocycles. The van der Waals surface area contributed by atoms with E-state index in [2.05, 4.69) is 64.4 Å². The van der Waals surface area contributed by atoms with Crippen LogP contribution in [0.15, 0.2) is 66.9 Å². The Morgan fingerprint density at radius 2 is 1.82 bits per heavy atom. The minimum Gasteiger partial charge on any atom is -0.444 e. The van der Waals surface area contributed by atoms with E-state index in [-0.39, 0.29) is 11.8 Å². The Morgan fingerprint density at radius 3 is 2.45 bits per heavy atom. The molecule has 196 valence electrons. The molecule has 3 heterocycles. The maximum absolute atomic E-state index is 12.3. The van der Waals surface area contributed by atoms with Crippen LogP contribution >= 0.6 is 0 Å². The van der Waals surface area contributed by atoms with Gasteiger partial charge >= 0.3 is 6.09 Å². The molecule has 0 radical (unpaired) electrons. The fourth-order valence-corrected chi connectivity index (χ4v) is 4.76. The first-order valence-corrected chi connectivity index (χ1v) is 12.8. The highest BCUT2D eigenvalue weighted by atomic mass is 16.6. The van der Waals surface area contributed by atoms with E-state index in [1.165, 1.54) is 16.7 Å². The van der Waals surface area contributed by atoms with Crippen LogP contribution in [0.25, 0.3) is 22.2 Å². The number of hydrogen-bond acceptors (Lipinski definition) is 4. The van der Waals surface area contributed by atoms with Crippen molar-refractivity contribution in [3.8, 4) is 5.69 Å². The van der Waals surface area contributed by atoms with Gasteiger partial charge in [-0.3, -0.25) is 4.79 Å². The van der Waals surface area contributed by atoms with Gasteiger partial charge in [0.15, 0.2) is 5.69 Å². The molecule has 2 aromatic carbocycles. The van der Waals surface area contributed by atoms with Gasteiger partial charge in [-0.1, -0.05) is 30.3 Å². The van der Waals surface area contributed by atoms with Gasteiger partial charge in [0.25, 0.3) is 5.91 Å². The fourth-order valence-electron chi connectivity index (χ4n) is 4.76. The van der Waals surface area contributed by atoms with Crippen molar-refractivity contribution in [2.45, 2.75) is 46.3 Å². The van der Waals surface area contributed by atoms with Crippen molar-refractivity contribution >= 4 is 28.5 Å². The number of benzene rings is 2. The standard InChI is InChI=1S/C30H33N5O3/c1-20-17-26(28(31)36)32-35(20)25-9-10-27-24(18-25)13-16-34(27)19-21-5-7-22(8-6-21)23-11-14-33(15-12-23)29(37)38-30(2,3)4/h5-11,13,16-18H,12,14-15,19H2,1-4H3,(H2,31,36). The smallest absolute Gasteiger partial charge is 0.410 e. The van der Waals surface area contributed by atoms with Crippen molar-refractivity contribution in [2.75, 3.05) is 13.1 Å². The number of carbonyl (C=O) groups excluding carboxylic acids is 2. The molecule has 0 aliphatic carbocycles. The lowest BCUT2D eigenvalue weighted by atomic mass is 9.98.